The molecule has 0 fully saturated rings. The molecule has 21 heavy (non-hydrogen) atoms. The first-order valence-corrected chi connectivity index (χ1v) is 7.59. The number of nitrogens with one attached hydrogen (secondary N) is 2. The van der Waals surface area contributed by atoms with Gasteiger partial charge in [0.2, 0.25) is 0 Å². The molecule has 0 aliphatic heterocycles. The number of rotatable bonds is 9. The lowest BCUT2D eigenvalue weighted by Gasteiger charge is -2.20. The number of hydrogen-bond donors (Lipinski definition) is 2. The van der Waals surface area contributed by atoms with Crippen molar-refractivity contribution in [3.8, 4) is 0 Å². The Hall–Kier alpha value is -1.69. The Morgan fingerprint density at radius 3 is 2.76 bits per heavy atom. The highest BCUT2D eigenvalue weighted by Gasteiger charge is 2.08. The van der Waals surface area contributed by atoms with Gasteiger partial charge in [-0.2, -0.15) is 0 Å². The topological polar surface area (TPSA) is 70.2 Å². The second kappa shape index (κ2) is 9.28. The average molecular weight is 293 g/mol. The fourth-order valence-electron chi connectivity index (χ4n) is 1.69. The predicted molar refractivity (Wildman–Crippen MR) is 85.5 cm³/mol. The summed E-state index contributed by atoms with van der Waals surface area (Å²) >= 11 is 0. The molecule has 6 heteroatoms. The van der Waals surface area contributed by atoms with E-state index in [1.165, 1.54) is 6.20 Å². The second-order valence-electron chi connectivity index (χ2n) is 5.40. The average Bonchev–Trinajstić information content (AvgIpc) is 2.49. The Bertz CT molecular complexity index is 436. The van der Waals surface area contributed by atoms with Crippen molar-refractivity contribution in [2.45, 2.75) is 39.7 Å². The maximum atomic E-state index is 12.0. The van der Waals surface area contributed by atoms with E-state index < -0.39 is 0 Å². The second-order valence-corrected chi connectivity index (χ2v) is 5.40. The third-order valence-corrected chi connectivity index (χ3v) is 3.28. The summed E-state index contributed by atoms with van der Waals surface area (Å²) < 4.78 is 0. The summed E-state index contributed by atoms with van der Waals surface area (Å²) in [4.78, 5) is 22.5. The van der Waals surface area contributed by atoms with Gasteiger partial charge in [0.25, 0.3) is 5.91 Å². The standard InChI is InChI=1S/C15H27N5O/c1-5-7-17-14-11-16-10-13(19-14)15(21)18-8-6-9-20(4)12(2)3/h10-12H,5-9H2,1-4H3,(H,17,19)(H,18,21). The lowest BCUT2D eigenvalue weighted by atomic mass is 10.3. The van der Waals surface area contributed by atoms with E-state index >= 15 is 0 Å². The Morgan fingerprint density at radius 1 is 1.33 bits per heavy atom. The summed E-state index contributed by atoms with van der Waals surface area (Å²) in [5.41, 5.74) is 0.355. The van der Waals surface area contributed by atoms with Crippen LogP contribution in [0.4, 0.5) is 5.82 Å². The van der Waals surface area contributed by atoms with Gasteiger partial charge >= 0.3 is 0 Å². The summed E-state index contributed by atoms with van der Waals surface area (Å²) in [6.07, 6.45) is 5.04. The van der Waals surface area contributed by atoms with E-state index in [2.05, 4.69) is 53.3 Å². The van der Waals surface area contributed by atoms with Gasteiger partial charge in [0.15, 0.2) is 0 Å². The summed E-state index contributed by atoms with van der Waals surface area (Å²) in [5.74, 6) is 0.471. The number of nitrogens with zero attached hydrogens (tertiary/aromatic N) is 3. The van der Waals surface area contributed by atoms with Crippen molar-refractivity contribution < 1.29 is 4.79 Å². The number of aromatic nitrogens is 2. The molecule has 0 aliphatic rings. The van der Waals surface area contributed by atoms with Crippen molar-refractivity contribution in [3.63, 3.8) is 0 Å². The highest BCUT2D eigenvalue weighted by molar-refractivity contribution is 5.92. The largest absolute Gasteiger partial charge is 0.369 e. The van der Waals surface area contributed by atoms with E-state index in [0.717, 1.165) is 25.9 Å². The molecule has 0 saturated heterocycles. The molecular weight excluding hydrogens is 266 g/mol. The van der Waals surface area contributed by atoms with Gasteiger partial charge in [-0.3, -0.25) is 9.78 Å². The van der Waals surface area contributed by atoms with Gasteiger partial charge in [-0.1, -0.05) is 6.92 Å². The zero-order valence-electron chi connectivity index (χ0n) is 13.5. The molecular formula is C15H27N5O. The molecule has 0 unspecified atom stereocenters. The molecule has 1 heterocycles. The minimum Gasteiger partial charge on any atom is -0.369 e. The van der Waals surface area contributed by atoms with Crippen molar-refractivity contribution in [2.24, 2.45) is 0 Å². The molecule has 1 amide bonds. The summed E-state index contributed by atoms with van der Waals surface area (Å²) in [6.45, 7) is 8.81. The molecule has 6 nitrogen and oxygen atoms in total. The van der Waals surface area contributed by atoms with Crippen LogP contribution in [-0.4, -0.2) is 53.5 Å². The SMILES string of the molecule is CCCNc1cncc(C(=O)NCCCN(C)C(C)C)n1. The van der Waals surface area contributed by atoms with Crippen LogP contribution in [0.5, 0.6) is 0 Å². The van der Waals surface area contributed by atoms with E-state index in [9.17, 15) is 4.79 Å². The fraction of sp³-hybridized carbons (Fsp3) is 0.667. The molecule has 0 aliphatic carbocycles. The van der Waals surface area contributed by atoms with Crippen molar-refractivity contribution in [3.05, 3.63) is 18.1 Å². The summed E-state index contributed by atoms with van der Waals surface area (Å²) in [7, 11) is 2.08. The van der Waals surface area contributed by atoms with Crippen molar-refractivity contribution in [1.82, 2.24) is 20.2 Å². The number of carbonyl (C=O) groups excluding carboxylic acids is 1. The van der Waals surface area contributed by atoms with Crippen molar-refractivity contribution in [1.29, 1.82) is 0 Å². The first-order valence-electron chi connectivity index (χ1n) is 7.59. The number of carbonyl (C=O) groups is 1. The third kappa shape index (κ3) is 6.53. The van der Waals surface area contributed by atoms with E-state index in [1.54, 1.807) is 6.20 Å². The van der Waals surface area contributed by atoms with Crippen LogP contribution < -0.4 is 10.6 Å². The normalized spacial score (nSPS) is 11.0. The summed E-state index contributed by atoms with van der Waals surface area (Å²) in [6, 6.07) is 0.521. The summed E-state index contributed by atoms with van der Waals surface area (Å²) in [5, 5.41) is 6.00. The smallest absolute Gasteiger partial charge is 0.271 e. The molecule has 1 rings (SSSR count). The van der Waals surface area contributed by atoms with Crippen molar-refractivity contribution >= 4 is 11.7 Å². The van der Waals surface area contributed by atoms with Crippen molar-refractivity contribution in [2.75, 3.05) is 32.0 Å². The molecule has 0 spiro atoms. The van der Waals surface area contributed by atoms with Gasteiger partial charge in [0, 0.05) is 19.1 Å². The lowest BCUT2D eigenvalue weighted by Crippen LogP contribution is -2.31. The molecule has 1 aromatic heterocycles. The minimum absolute atomic E-state index is 0.171. The molecule has 0 aromatic carbocycles. The monoisotopic (exact) mass is 293 g/mol. The van der Waals surface area contributed by atoms with Crippen LogP contribution in [0.25, 0.3) is 0 Å². The first kappa shape index (κ1) is 17.4. The molecule has 0 saturated carbocycles. The number of hydrogen-bond acceptors (Lipinski definition) is 5. The molecule has 0 radical (unpaired) electrons. The number of amides is 1. The first-order chi connectivity index (χ1) is 10.0. The molecule has 2 N–H and O–H groups in total. The van der Waals surface area contributed by atoms with Gasteiger partial charge in [0.1, 0.15) is 11.5 Å². The van der Waals surface area contributed by atoms with E-state index in [0.29, 0.717) is 24.1 Å². The van der Waals surface area contributed by atoms with Crippen LogP contribution in [0.2, 0.25) is 0 Å². The quantitative estimate of drug-likeness (QED) is 0.679. The van der Waals surface area contributed by atoms with Crippen LogP contribution in [0.1, 0.15) is 44.1 Å². The molecule has 0 bridgehead atoms. The lowest BCUT2D eigenvalue weighted by molar-refractivity contribution is 0.0946. The zero-order chi connectivity index (χ0) is 15.7. The Morgan fingerprint density at radius 2 is 2.10 bits per heavy atom. The molecule has 0 atom stereocenters. The van der Waals surface area contributed by atoms with Gasteiger partial charge in [0.05, 0.1) is 12.4 Å². The van der Waals surface area contributed by atoms with Gasteiger partial charge in [-0.25, -0.2) is 4.98 Å². The van der Waals surface area contributed by atoms with Crippen LogP contribution in [0.15, 0.2) is 12.4 Å². The van der Waals surface area contributed by atoms with Crippen LogP contribution in [0.3, 0.4) is 0 Å². The van der Waals surface area contributed by atoms with Crippen LogP contribution in [-0.2, 0) is 0 Å². The number of anilines is 1. The Kier molecular flexibility index (Phi) is 7.68. The van der Waals surface area contributed by atoms with Gasteiger partial charge in [-0.15, -0.1) is 0 Å². The maximum Gasteiger partial charge on any atom is 0.271 e. The highest BCUT2D eigenvalue weighted by atomic mass is 16.1. The fourth-order valence-corrected chi connectivity index (χ4v) is 1.69. The predicted octanol–water partition coefficient (Wildman–Crippen LogP) is 1.76. The van der Waals surface area contributed by atoms with Gasteiger partial charge < -0.3 is 15.5 Å². The zero-order valence-corrected chi connectivity index (χ0v) is 13.5. The molecule has 118 valence electrons. The van der Waals surface area contributed by atoms with Crippen LogP contribution >= 0.6 is 0 Å². The minimum atomic E-state index is -0.171. The van der Waals surface area contributed by atoms with Gasteiger partial charge in [-0.05, 0) is 40.3 Å². The van der Waals surface area contributed by atoms with E-state index in [-0.39, 0.29) is 5.91 Å². The van der Waals surface area contributed by atoms with Crippen LogP contribution in [0, 0.1) is 0 Å². The Labute approximate surface area is 127 Å². The maximum absolute atomic E-state index is 12.0. The van der Waals surface area contributed by atoms with E-state index in [4.69, 9.17) is 0 Å². The molecule has 1 aromatic rings. The highest BCUT2D eigenvalue weighted by Crippen LogP contribution is 2.02. The third-order valence-electron chi connectivity index (χ3n) is 3.28. The van der Waals surface area contributed by atoms with E-state index in [1.807, 2.05) is 0 Å². The Balaban J connectivity index is 2.38.